The lowest BCUT2D eigenvalue weighted by atomic mass is 9.98. The number of rotatable bonds is 3. The molecule has 0 amide bonds. The molecule has 0 spiro atoms. The van der Waals surface area contributed by atoms with Crippen molar-refractivity contribution in [2.24, 2.45) is 11.7 Å². The largest absolute Gasteiger partial charge is 0.402 e. The summed E-state index contributed by atoms with van der Waals surface area (Å²) >= 11 is 0. The number of hydrogen-bond acceptors (Lipinski definition) is 4. The third-order valence-electron chi connectivity index (χ3n) is 3.58. The van der Waals surface area contributed by atoms with E-state index in [1.165, 1.54) is 0 Å². The minimum absolute atomic E-state index is 0.0138. The van der Waals surface area contributed by atoms with Crippen LogP contribution in [0.1, 0.15) is 12.8 Å². The first-order chi connectivity index (χ1) is 8.54. The highest BCUT2D eigenvalue weighted by atomic mass is 19.1. The second-order valence-corrected chi connectivity index (χ2v) is 4.89. The number of halogens is 1. The van der Waals surface area contributed by atoms with Gasteiger partial charge in [-0.15, -0.1) is 0 Å². The molecule has 6 heteroatoms. The molecule has 2 aliphatic heterocycles. The quantitative estimate of drug-likeness (QED) is 0.590. The van der Waals surface area contributed by atoms with Crippen molar-refractivity contribution in [2.45, 2.75) is 37.4 Å². The van der Waals surface area contributed by atoms with Gasteiger partial charge in [-0.05, 0) is 6.42 Å². The zero-order chi connectivity index (χ0) is 13.3. The number of nitrogens with two attached hydrogens (primary N) is 1. The number of allylic oxidation sites excluding steroid dienone is 1. The first-order valence-corrected chi connectivity index (χ1v) is 6.18. The van der Waals surface area contributed by atoms with Gasteiger partial charge in [0.1, 0.15) is 18.8 Å². The fourth-order valence-electron chi connectivity index (χ4n) is 2.49. The molecule has 5 atom stereocenters. The van der Waals surface area contributed by atoms with E-state index in [1.54, 1.807) is 4.58 Å². The van der Waals surface area contributed by atoms with Crippen LogP contribution >= 0.6 is 0 Å². The van der Waals surface area contributed by atoms with Crippen LogP contribution in [0.2, 0.25) is 0 Å². The summed E-state index contributed by atoms with van der Waals surface area (Å²) in [5, 5.41) is 18.6. The van der Waals surface area contributed by atoms with Gasteiger partial charge >= 0.3 is 0 Å². The summed E-state index contributed by atoms with van der Waals surface area (Å²) in [6.45, 7) is 3.96. The van der Waals surface area contributed by atoms with E-state index in [0.717, 1.165) is 12.8 Å². The van der Waals surface area contributed by atoms with Crippen molar-refractivity contribution in [1.82, 2.24) is 0 Å². The van der Waals surface area contributed by atoms with Gasteiger partial charge in [0.25, 0.3) is 6.23 Å². The minimum atomic E-state index is -1.52. The van der Waals surface area contributed by atoms with E-state index >= 15 is 0 Å². The van der Waals surface area contributed by atoms with E-state index in [-0.39, 0.29) is 12.5 Å². The maximum atomic E-state index is 13.9. The molecule has 5 nitrogen and oxygen atoms in total. The van der Waals surface area contributed by atoms with E-state index < -0.39 is 24.6 Å². The molecule has 0 bridgehead atoms. The summed E-state index contributed by atoms with van der Waals surface area (Å²) in [6.07, 6.45) is -0.946. The van der Waals surface area contributed by atoms with Crippen molar-refractivity contribution < 1.29 is 23.9 Å². The molecule has 1 saturated heterocycles. The van der Waals surface area contributed by atoms with Gasteiger partial charge in [0.15, 0.2) is 6.21 Å². The van der Waals surface area contributed by atoms with Crippen LogP contribution in [0.4, 0.5) is 4.39 Å². The molecule has 18 heavy (non-hydrogen) atoms. The molecule has 2 heterocycles. The van der Waals surface area contributed by atoms with Crippen molar-refractivity contribution in [3.8, 4) is 0 Å². The van der Waals surface area contributed by atoms with Crippen molar-refractivity contribution in [3.63, 3.8) is 0 Å². The summed E-state index contributed by atoms with van der Waals surface area (Å²) < 4.78 is 21.0. The van der Waals surface area contributed by atoms with Crippen LogP contribution in [0.25, 0.3) is 0 Å². The molecule has 0 aromatic heterocycles. The Hall–Kier alpha value is -0.980. The van der Waals surface area contributed by atoms with Crippen LogP contribution in [0.3, 0.4) is 0 Å². The van der Waals surface area contributed by atoms with Crippen molar-refractivity contribution in [2.75, 3.05) is 13.2 Å². The standard InChI is InChI=1S/C12H20FN2O3/c1-7(14)8-3-2-4-15(5-8)12-10(13)11(17)9(6-16)18-12/h5,8-12,16-17H,1-4,6,14H2/q+1/t8?,9-,10?,11?,12?/m0/s1. The Kier molecular flexibility index (Phi) is 3.99. The summed E-state index contributed by atoms with van der Waals surface area (Å²) in [5.74, 6) is 0.0138. The molecule has 2 rings (SSSR count). The highest BCUT2D eigenvalue weighted by Gasteiger charge is 2.50. The van der Waals surface area contributed by atoms with E-state index in [0.29, 0.717) is 12.2 Å². The molecule has 0 radical (unpaired) electrons. The van der Waals surface area contributed by atoms with Gasteiger partial charge in [-0.25, -0.2) is 8.97 Å². The lowest BCUT2D eigenvalue weighted by molar-refractivity contribution is -0.616. The second kappa shape index (κ2) is 5.34. The predicted octanol–water partition coefficient (Wildman–Crippen LogP) is -0.632. The molecular weight excluding hydrogens is 239 g/mol. The topological polar surface area (TPSA) is 78.7 Å². The van der Waals surface area contributed by atoms with Gasteiger partial charge in [-0.2, -0.15) is 0 Å². The molecule has 102 valence electrons. The smallest absolute Gasteiger partial charge is 0.292 e. The fraction of sp³-hybridized carbons (Fsp3) is 0.750. The molecule has 0 saturated carbocycles. The Morgan fingerprint density at radius 1 is 1.61 bits per heavy atom. The second-order valence-electron chi connectivity index (χ2n) is 4.89. The number of hydrogen-bond donors (Lipinski definition) is 3. The maximum Gasteiger partial charge on any atom is 0.292 e. The summed E-state index contributed by atoms with van der Waals surface area (Å²) in [4.78, 5) is 0. The molecule has 4 N–H and O–H groups in total. The Balaban J connectivity index is 2.14. The minimum Gasteiger partial charge on any atom is -0.402 e. The fourth-order valence-corrected chi connectivity index (χ4v) is 2.49. The third kappa shape index (κ3) is 2.41. The van der Waals surface area contributed by atoms with E-state index in [2.05, 4.69) is 6.58 Å². The zero-order valence-corrected chi connectivity index (χ0v) is 10.2. The molecule has 1 fully saturated rings. The van der Waals surface area contributed by atoms with E-state index in [9.17, 15) is 9.50 Å². The van der Waals surface area contributed by atoms with Gasteiger partial charge in [-0.3, -0.25) is 0 Å². The van der Waals surface area contributed by atoms with E-state index in [1.807, 2.05) is 6.21 Å². The van der Waals surface area contributed by atoms with Gasteiger partial charge in [0.05, 0.1) is 12.5 Å². The molecule has 2 aliphatic rings. The Morgan fingerprint density at radius 3 is 2.89 bits per heavy atom. The zero-order valence-electron chi connectivity index (χ0n) is 10.2. The third-order valence-corrected chi connectivity index (χ3v) is 3.58. The van der Waals surface area contributed by atoms with Gasteiger partial charge in [0.2, 0.25) is 6.17 Å². The van der Waals surface area contributed by atoms with Crippen LogP contribution in [0, 0.1) is 5.92 Å². The van der Waals surface area contributed by atoms with Crippen LogP contribution in [0.15, 0.2) is 12.3 Å². The number of alkyl halides is 1. The summed E-state index contributed by atoms with van der Waals surface area (Å²) in [7, 11) is 0. The van der Waals surface area contributed by atoms with Gasteiger partial charge in [0, 0.05) is 12.1 Å². The monoisotopic (exact) mass is 259 g/mol. The number of nitrogens with zero attached hydrogens (tertiary/aromatic N) is 1. The molecule has 4 unspecified atom stereocenters. The molecular formula is C12H20FN2O3+. The maximum absolute atomic E-state index is 13.9. The molecule has 0 aromatic rings. The average Bonchev–Trinajstić information content (AvgIpc) is 2.66. The molecule has 0 aromatic carbocycles. The first-order valence-electron chi connectivity index (χ1n) is 6.18. The molecule has 0 aliphatic carbocycles. The van der Waals surface area contributed by atoms with Gasteiger partial charge < -0.3 is 20.7 Å². The van der Waals surface area contributed by atoms with Crippen LogP contribution in [-0.2, 0) is 4.74 Å². The lowest BCUT2D eigenvalue weighted by Gasteiger charge is -2.20. The number of aliphatic hydroxyl groups is 2. The Labute approximate surface area is 105 Å². The van der Waals surface area contributed by atoms with Crippen LogP contribution < -0.4 is 5.73 Å². The first kappa shape index (κ1) is 13.5. The Bertz CT molecular complexity index is 361. The average molecular weight is 259 g/mol. The predicted molar refractivity (Wildman–Crippen MR) is 63.9 cm³/mol. The van der Waals surface area contributed by atoms with Gasteiger partial charge in [-0.1, -0.05) is 6.58 Å². The van der Waals surface area contributed by atoms with Crippen molar-refractivity contribution in [3.05, 3.63) is 12.3 Å². The highest BCUT2D eigenvalue weighted by Crippen LogP contribution is 2.26. The SMILES string of the molecule is C=C(N)C1C=[N+](C2O[C@@H](CO)C(O)C2F)CCC1. The normalized spacial score (nSPS) is 40.6. The summed E-state index contributed by atoms with van der Waals surface area (Å²) in [6, 6.07) is 0. The summed E-state index contributed by atoms with van der Waals surface area (Å²) in [5.41, 5.74) is 6.22. The van der Waals surface area contributed by atoms with Crippen LogP contribution in [0.5, 0.6) is 0 Å². The highest BCUT2D eigenvalue weighted by molar-refractivity contribution is 5.60. The van der Waals surface area contributed by atoms with Crippen molar-refractivity contribution >= 4 is 6.21 Å². The lowest BCUT2D eigenvalue weighted by Crippen LogP contribution is -2.40. The number of ether oxygens (including phenoxy) is 1. The Morgan fingerprint density at radius 2 is 2.33 bits per heavy atom. The number of aliphatic hydroxyl groups excluding tert-OH is 2. The van der Waals surface area contributed by atoms with Crippen molar-refractivity contribution in [1.29, 1.82) is 0 Å². The van der Waals surface area contributed by atoms with Crippen LogP contribution in [-0.4, -0.2) is 58.8 Å². The van der Waals surface area contributed by atoms with E-state index in [4.69, 9.17) is 15.6 Å².